The van der Waals surface area contributed by atoms with E-state index in [1.54, 1.807) is 12.4 Å². The summed E-state index contributed by atoms with van der Waals surface area (Å²) in [6.45, 7) is 1.58. The van der Waals surface area contributed by atoms with Gasteiger partial charge in [0.15, 0.2) is 0 Å². The Balaban J connectivity index is 1.91. The van der Waals surface area contributed by atoms with Crippen LogP contribution in [-0.2, 0) is 4.74 Å². The van der Waals surface area contributed by atoms with Crippen molar-refractivity contribution in [1.82, 2.24) is 9.97 Å². The summed E-state index contributed by atoms with van der Waals surface area (Å²) in [4.78, 5) is 8.48. The molecule has 0 bridgehead atoms. The molecular formula is C11H11N3O. The fourth-order valence-corrected chi connectivity index (χ4v) is 1.61. The minimum atomic E-state index is 0.444. The van der Waals surface area contributed by atoms with Crippen molar-refractivity contribution in [2.24, 2.45) is 0 Å². The predicted octanol–water partition coefficient (Wildman–Crippen LogP) is 1.44. The molecule has 76 valence electrons. The highest BCUT2D eigenvalue weighted by Crippen LogP contribution is 2.17. The lowest BCUT2D eigenvalue weighted by Crippen LogP contribution is -2.40. The number of fused-ring (bicyclic) bond motifs is 1. The SMILES string of the molecule is c1cnc2cc(NC3COC3)ccc2n1. The molecule has 2 heterocycles. The van der Waals surface area contributed by atoms with Gasteiger partial charge in [0.05, 0.1) is 30.3 Å². The van der Waals surface area contributed by atoms with Crippen LogP contribution in [0.1, 0.15) is 0 Å². The zero-order chi connectivity index (χ0) is 10.1. The van der Waals surface area contributed by atoms with Gasteiger partial charge in [0, 0.05) is 18.1 Å². The van der Waals surface area contributed by atoms with Gasteiger partial charge < -0.3 is 10.1 Å². The van der Waals surface area contributed by atoms with Crippen molar-refractivity contribution in [1.29, 1.82) is 0 Å². The first-order valence-corrected chi connectivity index (χ1v) is 4.97. The average Bonchev–Trinajstić information content (AvgIpc) is 2.23. The van der Waals surface area contributed by atoms with Crippen LogP contribution in [0.4, 0.5) is 5.69 Å². The number of aromatic nitrogens is 2. The van der Waals surface area contributed by atoms with Crippen molar-refractivity contribution in [2.45, 2.75) is 6.04 Å². The van der Waals surface area contributed by atoms with Crippen LogP contribution in [0.2, 0.25) is 0 Å². The van der Waals surface area contributed by atoms with E-state index in [1.807, 2.05) is 18.2 Å². The van der Waals surface area contributed by atoms with Gasteiger partial charge in [-0.15, -0.1) is 0 Å². The lowest BCUT2D eigenvalue weighted by molar-refractivity contribution is 0.0211. The quantitative estimate of drug-likeness (QED) is 0.798. The van der Waals surface area contributed by atoms with Gasteiger partial charge in [-0.2, -0.15) is 0 Å². The summed E-state index contributed by atoms with van der Waals surface area (Å²) in [5.74, 6) is 0. The fourth-order valence-electron chi connectivity index (χ4n) is 1.61. The van der Waals surface area contributed by atoms with E-state index in [2.05, 4.69) is 15.3 Å². The van der Waals surface area contributed by atoms with Crippen LogP contribution in [-0.4, -0.2) is 29.2 Å². The molecule has 0 aliphatic carbocycles. The largest absolute Gasteiger partial charge is 0.378 e. The van der Waals surface area contributed by atoms with E-state index >= 15 is 0 Å². The molecule has 3 rings (SSSR count). The zero-order valence-corrected chi connectivity index (χ0v) is 8.18. The molecule has 2 aromatic rings. The maximum absolute atomic E-state index is 5.10. The molecule has 1 aliphatic heterocycles. The second kappa shape index (κ2) is 3.47. The van der Waals surface area contributed by atoms with Crippen LogP contribution in [0.15, 0.2) is 30.6 Å². The molecule has 1 aliphatic rings. The summed E-state index contributed by atoms with van der Waals surface area (Å²) in [6.07, 6.45) is 3.41. The molecule has 4 heteroatoms. The summed E-state index contributed by atoms with van der Waals surface area (Å²) < 4.78 is 5.10. The normalized spacial score (nSPS) is 16.3. The Morgan fingerprint density at radius 3 is 2.67 bits per heavy atom. The van der Waals surface area contributed by atoms with Crippen molar-refractivity contribution in [3.05, 3.63) is 30.6 Å². The second-order valence-corrected chi connectivity index (χ2v) is 3.64. The number of hydrogen-bond acceptors (Lipinski definition) is 4. The van der Waals surface area contributed by atoms with Gasteiger partial charge in [-0.3, -0.25) is 9.97 Å². The summed E-state index contributed by atoms with van der Waals surface area (Å²) in [5.41, 5.74) is 2.92. The fraction of sp³-hybridized carbons (Fsp3) is 0.273. The van der Waals surface area contributed by atoms with Crippen molar-refractivity contribution in [3.63, 3.8) is 0 Å². The Kier molecular flexibility index (Phi) is 1.99. The lowest BCUT2D eigenvalue weighted by atomic mass is 10.2. The van der Waals surface area contributed by atoms with Crippen LogP contribution in [0.5, 0.6) is 0 Å². The van der Waals surface area contributed by atoms with Gasteiger partial charge in [-0.1, -0.05) is 0 Å². The molecule has 15 heavy (non-hydrogen) atoms. The minimum absolute atomic E-state index is 0.444. The third-order valence-electron chi connectivity index (χ3n) is 2.48. The van der Waals surface area contributed by atoms with E-state index in [0.29, 0.717) is 6.04 Å². The van der Waals surface area contributed by atoms with Crippen LogP contribution in [0, 0.1) is 0 Å². The number of benzene rings is 1. The standard InChI is InChI=1S/C11H11N3O/c1-2-10-11(13-4-3-12-10)5-8(1)14-9-6-15-7-9/h1-5,9,14H,6-7H2. The molecule has 0 spiro atoms. The van der Waals surface area contributed by atoms with Crippen LogP contribution in [0.25, 0.3) is 11.0 Å². The van der Waals surface area contributed by atoms with Gasteiger partial charge in [-0.05, 0) is 18.2 Å². The lowest BCUT2D eigenvalue weighted by Gasteiger charge is -2.27. The first-order chi connectivity index (χ1) is 7.42. The first-order valence-electron chi connectivity index (χ1n) is 4.97. The maximum Gasteiger partial charge on any atom is 0.0907 e. The van der Waals surface area contributed by atoms with E-state index in [0.717, 1.165) is 29.9 Å². The smallest absolute Gasteiger partial charge is 0.0907 e. The van der Waals surface area contributed by atoms with E-state index in [9.17, 15) is 0 Å². The molecule has 0 amide bonds. The average molecular weight is 201 g/mol. The monoisotopic (exact) mass is 201 g/mol. The molecule has 1 aromatic carbocycles. The Morgan fingerprint density at radius 1 is 1.13 bits per heavy atom. The number of hydrogen-bond donors (Lipinski definition) is 1. The number of anilines is 1. The zero-order valence-electron chi connectivity index (χ0n) is 8.18. The minimum Gasteiger partial charge on any atom is -0.378 e. The third kappa shape index (κ3) is 1.64. The van der Waals surface area contributed by atoms with Crippen molar-refractivity contribution >= 4 is 16.7 Å². The number of ether oxygens (including phenoxy) is 1. The van der Waals surface area contributed by atoms with Gasteiger partial charge in [-0.25, -0.2) is 0 Å². The van der Waals surface area contributed by atoms with Gasteiger partial charge in [0.2, 0.25) is 0 Å². The predicted molar refractivity (Wildman–Crippen MR) is 57.8 cm³/mol. The molecule has 1 saturated heterocycles. The molecule has 1 aromatic heterocycles. The molecule has 0 unspecified atom stereocenters. The number of rotatable bonds is 2. The van der Waals surface area contributed by atoms with Crippen molar-refractivity contribution in [2.75, 3.05) is 18.5 Å². The van der Waals surface area contributed by atoms with Gasteiger partial charge in [0.1, 0.15) is 0 Å². The molecule has 0 atom stereocenters. The van der Waals surface area contributed by atoms with Gasteiger partial charge in [0.25, 0.3) is 0 Å². The Labute approximate surface area is 87.3 Å². The summed E-state index contributed by atoms with van der Waals surface area (Å²) in [5, 5.41) is 3.38. The van der Waals surface area contributed by atoms with Crippen LogP contribution < -0.4 is 5.32 Å². The molecule has 0 radical (unpaired) electrons. The Morgan fingerprint density at radius 2 is 1.93 bits per heavy atom. The van der Waals surface area contributed by atoms with Crippen molar-refractivity contribution in [3.8, 4) is 0 Å². The van der Waals surface area contributed by atoms with E-state index in [-0.39, 0.29) is 0 Å². The number of nitrogens with zero attached hydrogens (tertiary/aromatic N) is 2. The molecular weight excluding hydrogens is 190 g/mol. The summed E-state index contributed by atoms with van der Waals surface area (Å²) >= 11 is 0. The van der Waals surface area contributed by atoms with E-state index in [1.165, 1.54) is 0 Å². The third-order valence-corrected chi connectivity index (χ3v) is 2.48. The summed E-state index contributed by atoms with van der Waals surface area (Å²) in [6, 6.07) is 6.46. The summed E-state index contributed by atoms with van der Waals surface area (Å²) in [7, 11) is 0. The molecule has 4 nitrogen and oxygen atoms in total. The van der Waals surface area contributed by atoms with Crippen LogP contribution in [0.3, 0.4) is 0 Å². The Bertz CT molecular complexity index is 482. The first kappa shape index (κ1) is 8.61. The van der Waals surface area contributed by atoms with E-state index < -0.39 is 0 Å². The molecule has 1 N–H and O–H groups in total. The highest BCUT2D eigenvalue weighted by molar-refractivity contribution is 5.78. The number of nitrogens with one attached hydrogen (secondary N) is 1. The van der Waals surface area contributed by atoms with Crippen molar-refractivity contribution < 1.29 is 4.74 Å². The maximum atomic E-state index is 5.10. The highest BCUT2D eigenvalue weighted by Gasteiger charge is 2.17. The second-order valence-electron chi connectivity index (χ2n) is 3.64. The topological polar surface area (TPSA) is 47.0 Å². The van der Waals surface area contributed by atoms with Gasteiger partial charge >= 0.3 is 0 Å². The Hall–Kier alpha value is -1.68. The van der Waals surface area contributed by atoms with E-state index in [4.69, 9.17) is 4.74 Å². The van der Waals surface area contributed by atoms with Crippen LogP contribution >= 0.6 is 0 Å². The molecule has 1 fully saturated rings. The molecule has 0 saturated carbocycles. The highest BCUT2D eigenvalue weighted by atomic mass is 16.5.